The molecule has 2 heteroatoms. The molecule has 0 fully saturated rings. The van der Waals surface area contributed by atoms with E-state index in [2.05, 4.69) is 120 Å². The van der Waals surface area contributed by atoms with E-state index in [4.69, 9.17) is 11.6 Å². The van der Waals surface area contributed by atoms with Crippen molar-refractivity contribution in [2.45, 2.75) is 0 Å². The lowest BCUT2D eigenvalue weighted by atomic mass is 9.88. The van der Waals surface area contributed by atoms with Crippen LogP contribution < -0.4 is 0 Å². The van der Waals surface area contributed by atoms with Crippen LogP contribution in [0.2, 0.25) is 5.02 Å². The van der Waals surface area contributed by atoms with Crippen molar-refractivity contribution in [1.29, 1.82) is 0 Å². The lowest BCUT2D eigenvalue weighted by Gasteiger charge is -2.15. The summed E-state index contributed by atoms with van der Waals surface area (Å²) in [6.07, 6.45) is 0. The third kappa shape index (κ3) is 3.40. The van der Waals surface area contributed by atoms with Crippen LogP contribution >= 0.6 is 11.6 Å². The Hall–Kier alpha value is -4.33. The summed E-state index contributed by atoms with van der Waals surface area (Å²) < 4.78 is 0. The smallest absolute Gasteiger partial charge is 0.0544 e. The number of rotatable bonds is 3. The minimum absolute atomic E-state index is 0.752. The average molecular weight is 480 g/mol. The molecule has 7 aromatic rings. The highest BCUT2D eigenvalue weighted by Gasteiger charge is 2.16. The fourth-order valence-corrected chi connectivity index (χ4v) is 5.49. The third-order valence-corrected chi connectivity index (χ3v) is 7.37. The molecule has 1 N–H and O–H groups in total. The number of halogens is 1. The molecule has 1 aromatic heterocycles. The minimum atomic E-state index is 0.752. The zero-order valence-electron chi connectivity index (χ0n) is 19.5. The average Bonchev–Trinajstić information content (AvgIpc) is 3.32. The van der Waals surface area contributed by atoms with Crippen LogP contribution in [-0.4, -0.2) is 4.98 Å². The number of H-pyrrole nitrogens is 1. The lowest BCUT2D eigenvalue weighted by Crippen LogP contribution is -1.90. The predicted octanol–water partition coefficient (Wildman–Crippen LogP) is 10.1. The predicted molar refractivity (Wildman–Crippen MR) is 155 cm³/mol. The molecule has 170 valence electrons. The molecular formula is C34H22ClN. The van der Waals surface area contributed by atoms with E-state index in [1.807, 2.05) is 12.1 Å². The first-order chi connectivity index (χ1) is 17.8. The number of aromatic amines is 1. The normalized spacial score (nSPS) is 11.5. The number of para-hydroxylation sites is 2. The largest absolute Gasteiger partial charge is 0.354 e. The van der Waals surface area contributed by atoms with Crippen molar-refractivity contribution < 1.29 is 0 Å². The Bertz CT molecular complexity index is 1880. The van der Waals surface area contributed by atoms with E-state index in [9.17, 15) is 0 Å². The van der Waals surface area contributed by atoms with Gasteiger partial charge in [0.1, 0.15) is 0 Å². The molecule has 0 saturated heterocycles. The van der Waals surface area contributed by atoms with Crippen molar-refractivity contribution in [2.75, 3.05) is 0 Å². The molecule has 0 spiro atoms. The Balaban J connectivity index is 1.47. The van der Waals surface area contributed by atoms with Crippen LogP contribution in [0.15, 0.2) is 127 Å². The first-order valence-electron chi connectivity index (χ1n) is 12.1. The molecular weight excluding hydrogens is 458 g/mol. The summed E-state index contributed by atoms with van der Waals surface area (Å²) in [6, 6.07) is 45.2. The first-order valence-corrected chi connectivity index (χ1v) is 12.5. The Morgan fingerprint density at radius 2 is 1.08 bits per heavy atom. The van der Waals surface area contributed by atoms with Crippen LogP contribution in [0.4, 0.5) is 0 Å². The van der Waals surface area contributed by atoms with Gasteiger partial charge in [-0.05, 0) is 56.8 Å². The second kappa shape index (κ2) is 8.41. The molecule has 1 heterocycles. The van der Waals surface area contributed by atoms with Crippen molar-refractivity contribution in [3.63, 3.8) is 0 Å². The van der Waals surface area contributed by atoms with Gasteiger partial charge in [0.2, 0.25) is 0 Å². The molecule has 0 amide bonds. The van der Waals surface area contributed by atoms with Gasteiger partial charge in [0.15, 0.2) is 0 Å². The second-order valence-electron chi connectivity index (χ2n) is 9.19. The second-order valence-corrected chi connectivity index (χ2v) is 9.63. The maximum atomic E-state index is 6.09. The van der Waals surface area contributed by atoms with E-state index in [1.54, 1.807) is 0 Å². The Morgan fingerprint density at radius 3 is 1.89 bits per heavy atom. The Labute approximate surface area is 214 Å². The number of hydrogen-bond acceptors (Lipinski definition) is 0. The molecule has 1 nitrogen and oxygen atoms in total. The topological polar surface area (TPSA) is 15.8 Å². The van der Waals surface area contributed by atoms with Gasteiger partial charge in [0.05, 0.1) is 5.52 Å². The van der Waals surface area contributed by atoms with Gasteiger partial charge in [0, 0.05) is 26.9 Å². The van der Waals surface area contributed by atoms with Gasteiger partial charge >= 0.3 is 0 Å². The molecule has 0 aliphatic rings. The van der Waals surface area contributed by atoms with E-state index >= 15 is 0 Å². The number of benzene rings is 6. The fraction of sp³-hybridized carbons (Fsp3) is 0. The highest BCUT2D eigenvalue weighted by molar-refractivity contribution is 6.30. The molecule has 6 aromatic carbocycles. The molecule has 7 rings (SSSR count). The third-order valence-electron chi connectivity index (χ3n) is 7.11. The Morgan fingerprint density at radius 1 is 0.444 bits per heavy atom. The zero-order chi connectivity index (χ0) is 24.1. The molecule has 0 aliphatic heterocycles. The summed E-state index contributed by atoms with van der Waals surface area (Å²) in [5.41, 5.74) is 9.57. The highest BCUT2D eigenvalue weighted by atomic mass is 35.5. The molecule has 0 aliphatic carbocycles. The van der Waals surface area contributed by atoms with E-state index in [0.29, 0.717) is 0 Å². The van der Waals surface area contributed by atoms with E-state index < -0.39 is 0 Å². The quantitative estimate of drug-likeness (QED) is 0.259. The van der Waals surface area contributed by atoms with Crippen LogP contribution in [0.3, 0.4) is 0 Å². The summed E-state index contributed by atoms with van der Waals surface area (Å²) in [5.74, 6) is 0. The first kappa shape index (κ1) is 21.0. The van der Waals surface area contributed by atoms with E-state index in [0.717, 1.165) is 16.1 Å². The standard InChI is InChI=1S/C34H22ClN/c35-26-19-16-23(17-20-26)22-12-14-25(15-13-22)28-21-18-24-6-1-2-7-27(24)33(28)31-10-5-9-30-29-8-3-4-11-32(29)36-34(30)31/h1-21,36H. The molecule has 0 saturated carbocycles. The zero-order valence-corrected chi connectivity index (χ0v) is 20.3. The van der Waals surface area contributed by atoms with Crippen LogP contribution in [0.1, 0.15) is 0 Å². The van der Waals surface area contributed by atoms with Gasteiger partial charge in [-0.15, -0.1) is 0 Å². The van der Waals surface area contributed by atoms with Crippen molar-refractivity contribution in [3.8, 4) is 33.4 Å². The molecule has 36 heavy (non-hydrogen) atoms. The maximum absolute atomic E-state index is 6.09. The van der Waals surface area contributed by atoms with Crippen LogP contribution in [0.25, 0.3) is 66.0 Å². The van der Waals surface area contributed by atoms with Gasteiger partial charge < -0.3 is 4.98 Å². The van der Waals surface area contributed by atoms with Gasteiger partial charge in [0.25, 0.3) is 0 Å². The van der Waals surface area contributed by atoms with Gasteiger partial charge in [-0.2, -0.15) is 0 Å². The van der Waals surface area contributed by atoms with Crippen LogP contribution in [-0.2, 0) is 0 Å². The molecule has 0 atom stereocenters. The number of hydrogen-bond donors (Lipinski definition) is 1. The Kier molecular flexibility index (Phi) is 4.90. The highest BCUT2D eigenvalue weighted by Crippen LogP contribution is 2.42. The lowest BCUT2D eigenvalue weighted by molar-refractivity contribution is 1.54. The minimum Gasteiger partial charge on any atom is -0.354 e. The number of aromatic nitrogens is 1. The number of fused-ring (bicyclic) bond motifs is 4. The molecule has 0 bridgehead atoms. The fourth-order valence-electron chi connectivity index (χ4n) is 5.37. The van der Waals surface area contributed by atoms with Gasteiger partial charge in [-0.25, -0.2) is 0 Å². The summed E-state index contributed by atoms with van der Waals surface area (Å²) in [5, 5.41) is 5.75. The number of nitrogens with one attached hydrogen (secondary N) is 1. The summed E-state index contributed by atoms with van der Waals surface area (Å²) in [6.45, 7) is 0. The van der Waals surface area contributed by atoms with Crippen molar-refractivity contribution in [2.24, 2.45) is 0 Å². The van der Waals surface area contributed by atoms with Crippen molar-refractivity contribution >= 4 is 44.2 Å². The van der Waals surface area contributed by atoms with Crippen LogP contribution in [0.5, 0.6) is 0 Å². The SMILES string of the molecule is Clc1ccc(-c2ccc(-c3ccc4ccccc4c3-c3cccc4c3[nH]c3ccccc34)cc2)cc1. The van der Waals surface area contributed by atoms with Gasteiger partial charge in [-0.1, -0.05) is 121 Å². The van der Waals surface area contributed by atoms with Crippen molar-refractivity contribution in [3.05, 3.63) is 132 Å². The summed E-state index contributed by atoms with van der Waals surface area (Å²) in [7, 11) is 0. The maximum Gasteiger partial charge on any atom is 0.0544 e. The van der Waals surface area contributed by atoms with Crippen LogP contribution in [0, 0.1) is 0 Å². The summed E-state index contributed by atoms with van der Waals surface area (Å²) in [4.78, 5) is 3.71. The monoisotopic (exact) mass is 479 g/mol. The molecule has 0 radical (unpaired) electrons. The van der Waals surface area contributed by atoms with E-state index in [-0.39, 0.29) is 0 Å². The van der Waals surface area contributed by atoms with Gasteiger partial charge in [-0.3, -0.25) is 0 Å². The van der Waals surface area contributed by atoms with Crippen molar-refractivity contribution in [1.82, 2.24) is 4.98 Å². The molecule has 0 unspecified atom stereocenters. The van der Waals surface area contributed by atoms with E-state index in [1.165, 1.54) is 54.9 Å². The summed E-state index contributed by atoms with van der Waals surface area (Å²) >= 11 is 6.09.